The van der Waals surface area contributed by atoms with Crippen molar-refractivity contribution in [1.82, 2.24) is 10.3 Å². The third-order valence-corrected chi connectivity index (χ3v) is 5.34. The summed E-state index contributed by atoms with van der Waals surface area (Å²) in [6.45, 7) is 6.67. The van der Waals surface area contributed by atoms with E-state index in [-0.39, 0.29) is 11.8 Å². The van der Waals surface area contributed by atoms with E-state index in [1.807, 2.05) is 37.1 Å². The van der Waals surface area contributed by atoms with Crippen LogP contribution < -0.4 is 20.9 Å². The Hall–Kier alpha value is -2.98. The van der Waals surface area contributed by atoms with Crippen molar-refractivity contribution in [2.24, 2.45) is 0 Å². The second-order valence-corrected chi connectivity index (χ2v) is 7.66. The number of nitrogen functional groups attached to an aromatic ring is 1. The maximum absolute atomic E-state index is 12.7. The molecule has 10 heteroatoms. The van der Waals surface area contributed by atoms with E-state index in [4.69, 9.17) is 15.0 Å². The number of morpholine rings is 1. The fourth-order valence-corrected chi connectivity index (χ4v) is 3.91. The molecular formula is C18H21N6O3S+. The molecule has 1 aliphatic rings. The number of ether oxygens (including phenoxy) is 1. The number of anilines is 2. The van der Waals surface area contributed by atoms with Crippen LogP contribution in [0.3, 0.4) is 0 Å². The second-order valence-electron chi connectivity index (χ2n) is 6.66. The van der Waals surface area contributed by atoms with Crippen molar-refractivity contribution in [2.45, 2.75) is 13.8 Å². The number of thiophene rings is 1. The SMILES string of the molecule is CC(C)=Cc1ccc2c(N)c(C(=O)Nc3c[n+](N4CCOCC4)no3)sc2n1. The zero-order valence-corrected chi connectivity index (χ0v) is 16.5. The molecule has 3 aromatic heterocycles. The van der Waals surface area contributed by atoms with Crippen molar-refractivity contribution in [3.05, 3.63) is 34.5 Å². The quantitative estimate of drug-likeness (QED) is 0.641. The molecule has 28 heavy (non-hydrogen) atoms. The molecule has 0 unspecified atom stereocenters. The summed E-state index contributed by atoms with van der Waals surface area (Å²) >= 11 is 1.25. The zero-order chi connectivity index (χ0) is 19.7. The number of nitrogens with zero attached hydrogens (tertiary/aromatic N) is 4. The number of fused-ring (bicyclic) bond motifs is 1. The van der Waals surface area contributed by atoms with Gasteiger partial charge in [0.25, 0.3) is 12.1 Å². The van der Waals surface area contributed by atoms with Crippen molar-refractivity contribution < 1.29 is 18.8 Å². The monoisotopic (exact) mass is 401 g/mol. The molecule has 0 spiro atoms. The Bertz CT molecular complexity index is 1050. The molecule has 0 saturated carbocycles. The van der Waals surface area contributed by atoms with Crippen molar-refractivity contribution in [2.75, 3.05) is 42.4 Å². The molecule has 0 bridgehead atoms. The number of carbonyl (C=O) groups excluding carboxylic acids is 1. The minimum absolute atomic E-state index is 0.242. The molecule has 0 aliphatic carbocycles. The van der Waals surface area contributed by atoms with Gasteiger partial charge < -0.3 is 10.5 Å². The number of pyridine rings is 1. The molecule has 146 valence electrons. The van der Waals surface area contributed by atoms with Crippen molar-refractivity contribution in [3.63, 3.8) is 0 Å². The lowest BCUT2D eigenvalue weighted by Gasteiger charge is -2.18. The van der Waals surface area contributed by atoms with Crippen LogP contribution in [0.25, 0.3) is 16.3 Å². The van der Waals surface area contributed by atoms with E-state index in [9.17, 15) is 4.79 Å². The number of rotatable bonds is 4. The minimum Gasteiger partial charge on any atom is -0.397 e. The van der Waals surface area contributed by atoms with Gasteiger partial charge in [0.05, 0.1) is 42.5 Å². The molecule has 3 N–H and O–H groups in total. The van der Waals surface area contributed by atoms with E-state index in [0.717, 1.165) is 21.5 Å². The molecule has 1 saturated heterocycles. The summed E-state index contributed by atoms with van der Waals surface area (Å²) in [6, 6.07) is 3.78. The lowest BCUT2D eigenvalue weighted by Crippen LogP contribution is -2.62. The lowest BCUT2D eigenvalue weighted by atomic mass is 10.2. The topological polar surface area (TPSA) is 110 Å². The molecule has 3 aromatic rings. The van der Waals surface area contributed by atoms with E-state index >= 15 is 0 Å². The largest absolute Gasteiger partial charge is 0.397 e. The van der Waals surface area contributed by atoms with E-state index in [2.05, 4.69) is 15.6 Å². The highest BCUT2D eigenvalue weighted by Gasteiger charge is 2.25. The third-order valence-electron chi connectivity index (χ3n) is 4.23. The van der Waals surface area contributed by atoms with Crippen LogP contribution in [0, 0.1) is 0 Å². The summed E-state index contributed by atoms with van der Waals surface area (Å²) in [4.78, 5) is 20.0. The van der Waals surface area contributed by atoms with Gasteiger partial charge >= 0.3 is 5.88 Å². The first-order valence-corrected chi connectivity index (χ1v) is 9.70. The smallest absolute Gasteiger partial charge is 0.306 e. The van der Waals surface area contributed by atoms with Crippen LogP contribution in [0.4, 0.5) is 11.6 Å². The summed E-state index contributed by atoms with van der Waals surface area (Å²) < 4.78 is 10.5. The number of allylic oxidation sites excluding steroid dienone is 1. The van der Waals surface area contributed by atoms with E-state index < -0.39 is 0 Å². The molecule has 0 atom stereocenters. The summed E-state index contributed by atoms with van der Waals surface area (Å²) in [6.07, 6.45) is 3.60. The number of aromatic nitrogens is 3. The number of nitrogens with two attached hydrogens (primary N) is 1. The lowest BCUT2D eigenvalue weighted by molar-refractivity contribution is -0.759. The zero-order valence-electron chi connectivity index (χ0n) is 15.6. The Morgan fingerprint density at radius 3 is 2.89 bits per heavy atom. The molecule has 4 rings (SSSR count). The summed E-state index contributed by atoms with van der Waals surface area (Å²) in [5.74, 6) is -0.110. The highest BCUT2D eigenvalue weighted by atomic mass is 32.1. The average molecular weight is 401 g/mol. The van der Waals surface area contributed by atoms with E-state index in [1.165, 1.54) is 11.3 Å². The van der Waals surface area contributed by atoms with Crippen LogP contribution in [0.5, 0.6) is 0 Å². The first kappa shape index (κ1) is 18.4. The highest BCUT2D eigenvalue weighted by molar-refractivity contribution is 7.21. The Morgan fingerprint density at radius 2 is 2.14 bits per heavy atom. The fourth-order valence-electron chi connectivity index (χ4n) is 2.91. The summed E-state index contributed by atoms with van der Waals surface area (Å²) in [7, 11) is 0. The maximum atomic E-state index is 12.7. The predicted octanol–water partition coefficient (Wildman–Crippen LogP) is 1.80. The van der Waals surface area contributed by atoms with Gasteiger partial charge in [0.15, 0.2) is 0 Å². The highest BCUT2D eigenvalue weighted by Crippen LogP contribution is 2.33. The average Bonchev–Trinajstić information content (AvgIpc) is 3.26. The van der Waals surface area contributed by atoms with Crippen molar-refractivity contribution in [3.8, 4) is 0 Å². The Balaban J connectivity index is 1.54. The molecule has 0 radical (unpaired) electrons. The van der Waals surface area contributed by atoms with Gasteiger partial charge in [-0.15, -0.1) is 16.3 Å². The molecule has 0 aromatic carbocycles. The van der Waals surface area contributed by atoms with Crippen LogP contribution in [0.2, 0.25) is 0 Å². The van der Waals surface area contributed by atoms with Crippen LogP contribution >= 0.6 is 11.3 Å². The molecule has 1 aliphatic heterocycles. The third kappa shape index (κ3) is 3.69. The Morgan fingerprint density at radius 1 is 1.36 bits per heavy atom. The van der Waals surface area contributed by atoms with Crippen LogP contribution in [0.1, 0.15) is 29.2 Å². The van der Waals surface area contributed by atoms with Gasteiger partial charge in [-0.3, -0.25) is 14.6 Å². The van der Waals surface area contributed by atoms with E-state index in [1.54, 1.807) is 11.0 Å². The normalized spacial score (nSPS) is 14.3. The number of hydrogen-bond acceptors (Lipinski definition) is 8. The van der Waals surface area contributed by atoms with Crippen molar-refractivity contribution in [1.29, 1.82) is 0 Å². The van der Waals surface area contributed by atoms with Gasteiger partial charge in [-0.1, -0.05) is 5.57 Å². The van der Waals surface area contributed by atoms with Crippen LogP contribution in [0.15, 0.2) is 28.4 Å². The van der Waals surface area contributed by atoms with Gasteiger partial charge in [0.2, 0.25) is 5.27 Å². The number of nitrogens with one attached hydrogen (secondary N) is 1. The molecule has 9 nitrogen and oxygen atoms in total. The Labute approximate surface area is 165 Å². The predicted molar refractivity (Wildman–Crippen MR) is 107 cm³/mol. The van der Waals surface area contributed by atoms with Gasteiger partial charge in [-0.25, -0.2) is 4.98 Å². The van der Waals surface area contributed by atoms with Crippen molar-refractivity contribution >= 4 is 45.1 Å². The first-order valence-electron chi connectivity index (χ1n) is 8.88. The minimum atomic E-state index is -0.352. The van der Waals surface area contributed by atoms with Gasteiger partial charge in [-0.05, 0) is 32.1 Å². The van der Waals surface area contributed by atoms with Crippen LogP contribution in [-0.4, -0.2) is 42.5 Å². The second kappa shape index (κ2) is 7.56. The molecule has 1 fully saturated rings. The summed E-state index contributed by atoms with van der Waals surface area (Å²) in [5.41, 5.74) is 8.58. The van der Waals surface area contributed by atoms with Crippen LogP contribution in [-0.2, 0) is 4.74 Å². The number of carbonyl (C=O) groups is 1. The fraction of sp³-hybridized carbons (Fsp3) is 0.333. The molecule has 1 amide bonds. The summed E-state index contributed by atoms with van der Waals surface area (Å²) in [5, 5.41) is 9.38. The molecular weight excluding hydrogens is 380 g/mol. The van der Waals surface area contributed by atoms with Gasteiger partial charge in [0, 0.05) is 5.39 Å². The molecule has 4 heterocycles. The maximum Gasteiger partial charge on any atom is 0.306 e. The number of amides is 1. The standard InChI is InChI=1S/C18H20N6O3S/c1-11(2)9-12-3-4-13-15(19)16(28-18(13)20-12)17(25)21-14-10-24(22-27-14)23-5-7-26-8-6-23/h3-4,9-10H,5-8H2,1-2H3,(H2-,19,21,22,25)/p+1. The van der Waals surface area contributed by atoms with E-state index in [0.29, 0.717) is 36.9 Å². The first-order chi connectivity index (χ1) is 13.5. The Kier molecular flexibility index (Phi) is 4.97. The van der Waals surface area contributed by atoms with Gasteiger partial charge in [-0.2, -0.15) is 0 Å². The van der Waals surface area contributed by atoms with Gasteiger partial charge in [0.1, 0.15) is 9.71 Å². The number of hydrogen-bond donors (Lipinski definition) is 2.